The van der Waals surface area contributed by atoms with Crippen molar-refractivity contribution in [2.24, 2.45) is 5.92 Å². The fourth-order valence-corrected chi connectivity index (χ4v) is 2.00. The SMILES string of the molecule is C#CCN(CC1CC1)C(=O)Cc1ccc([N+](=O)[O-])cc1. The van der Waals surface area contributed by atoms with Crippen LogP contribution >= 0.6 is 0 Å². The van der Waals surface area contributed by atoms with Gasteiger partial charge in [0.1, 0.15) is 0 Å². The molecule has 1 amide bonds. The molecular weight excluding hydrogens is 256 g/mol. The molecule has 0 aliphatic heterocycles. The lowest BCUT2D eigenvalue weighted by Gasteiger charge is -2.20. The number of hydrogen-bond donors (Lipinski definition) is 0. The molecule has 0 N–H and O–H groups in total. The highest BCUT2D eigenvalue weighted by molar-refractivity contribution is 5.79. The molecule has 1 aromatic rings. The smallest absolute Gasteiger partial charge is 0.269 e. The number of carbonyl (C=O) groups excluding carboxylic acids is 1. The highest BCUT2D eigenvalue weighted by Crippen LogP contribution is 2.29. The predicted octanol–water partition coefficient (Wildman–Crippen LogP) is 2.01. The Hall–Kier alpha value is -2.35. The van der Waals surface area contributed by atoms with E-state index in [0.717, 1.165) is 24.9 Å². The zero-order valence-electron chi connectivity index (χ0n) is 11.1. The highest BCUT2D eigenvalue weighted by Gasteiger charge is 2.26. The zero-order valence-corrected chi connectivity index (χ0v) is 11.1. The van der Waals surface area contributed by atoms with E-state index in [1.54, 1.807) is 17.0 Å². The second-order valence-electron chi connectivity index (χ2n) is 5.02. The van der Waals surface area contributed by atoms with Crippen LogP contribution in [-0.4, -0.2) is 28.8 Å². The van der Waals surface area contributed by atoms with E-state index >= 15 is 0 Å². The molecular formula is C15H16N2O3. The van der Waals surface area contributed by atoms with E-state index in [1.807, 2.05) is 0 Å². The van der Waals surface area contributed by atoms with Gasteiger partial charge in [0.25, 0.3) is 5.69 Å². The third-order valence-corrected chi connectivity index (χ3v) is 3.31. The average Bonchev–Trinajstić information content (AvgIpc) is 3.23. The number of non-ortho nitro benzene ring substituents is 1. The number of hydrogen-bond acceptors (Lipinski definition) is 3. The molecule has 0 heterocycles. The quantitative estimate of drug-likeness (QED) is 0.452. The van der Waals surface area contributed by atoms with Gasteiger partial charge in [-0.15, -0.1) is 6.42 Å². The lowest BCUT2D eigenvalue weighted by molar-refractivity contribution is -0.384. The van der Waals surface area contributed by atoms with Gasteiger partial charge in [0.05, 0.1) is 17.9 Å². The molecule has 5 nitrogen and oxygen atoms in total. The van der Waals surface area contributed by atoms with E-state index in [4.69, 9.17) is 6.42 Å². The summed E-state index contributed by atoms with van der Waals surface area (Å²) in [5.74, 6) is 3.07. The summed E-state index contributed by atoms with van der Waals surface area (Å²) in [5, 5.41) is 10.6. The van der Waals surface area contributed by atoms with Gasteiger partial charge in [0, 0.05) is 18.7 Å². The van der Waals surface area contributed by atoms with Crippen molar-refractivity contribution in [2.45, 2.75) is 19.3 Å². The number of benzene rings is 1. The summed E-state index contributed by atoms with van der Waals surface area (Å²) < 4.78 is 0. The lowest BCUT2D eigenvalue weighted by Crippen LogP contribution is -2.34. The van der Waals surface area contributed by atoms with E-state index in [1.165, 1.54) is 12.1 Å². The van der Waals surface area contributed by atoms with Gasteiger partial charge in [-0.3, -0.25) is 14.9 Å². The molecule has 5 heteroatoms. The van der Waals surface area contributed by atoms with Crippen molar-refractivity contribution in [2.75, 3.05) is 13.1 Å². The van der Waals surface area contributed by atoms with Crippen LogP contribution in [-0.2, 0) is 11.2 Å². The predicted molar refractivity (Wildman–Crippen MR) is 74.9 cm³/mol. The van der Waals surface area contributed by atoms with Crippen molar-refractivity contribution in [1.29, 1.82) is 0 Å². The van der Waals surface area contributed by atoms with Gasteiger partial charge in [0.15, 0.2) is 0 Å². The summed E-state index contributed by atoms with van der Waals surface area (Å²) in [6.07, 6.45) is 7.84. The van der Waals surface area contributed by atoms with Crippen LogP contribution in [0.1, 0.15) is 18.4 Å². The van der Waals surface area contributed by atoms with E-state index in [2.05, 4.69) is 5.92 Å². The monoisotopic (exact) mass is 272 g/mol. The Bertz CT molecular complexity index is 541. The molecule has 0 spiro atoms. The van der Waals surface area contributed by atoms with Crippen molar-refractivity contribution < 1.29 is 9.72 Å². The standard InChI is InChI=1S/C15H16N2O3/c1-2-9-16(11-13-3-4-13)15(18)10-12-5-7-14(8-6-12)17(19)20/h1,5-8,13H,3-4,9-11H2. The summed E-state index contributed by atoms with van der Waals surface area (Å²) in [4.78, 5) is 24.0. The van der Waals surface area contributed by atoms with Gasteiger partial charge >= 0.3 is 0 Å². The van der Waals surface area contributed by atoms with Crippen LogP contribution in [0.2, 0.25) is 0 Å². The van der Waals surface area contributed by atoms with E-state index in [-0.39, 0.29) is 18.0 Å². The molecule has 0 atom stereocenters. The van der Waals surface area contributed by atoms with Crippen LogP contribution in [0.3, 0.4) is 0 Å². The van der Waals surface area contributed by atoms with Crippen LogP contribution in [0.25, 0.3) is 0 Å². The molecule has 0 bridgehead atoms. The Labute approximate surface area is 117 Å². The maximum absolute atomic E-state index is 12.2. The van der Waals surface area contributed by atoms with Crippen molar-refractivity contribution in [1.82, 2.24) is 4.90 Å². The number of terminal acetylenes is 1. The van der Waals surface area contributed by atoms with Gasteiger partial charge in [0.2, 0.25) is 5.91 Å². The largest absolute Gasteiger partial charge is 0.331 e. The molecule has 0 radical (unpaired) electrons. The molecule has 20 heavy (non-hydrogen) atoms. The average molecular weight is 272 g/mol. The van der Waals surface area contributed by atoms with Gasteiger partial charge in [-0.2, -0.15) is 0 Å². The van der Waals surface area contributed by atoms with Gasteiger partial charge < -0.3 is 4.90 Å². The molecule has 1 saturated carbocycles. The molecule has 1 aromatic carbocycles. The van der Waals surface area contributed by atoms with Crippen molar-refractivity contribution in [3.63, 3.8) is 0 Å². The molecule has 104 valence electrons. The fourth-order valence-electron chi connectivity index (χ4n) is 2.00. The summed E-state index contributed by atoms with van der Waals surface area (Å²) in [5.41, 5.74) is 0.790. The summed E-state index contributed by atoms with van der Waals surface area (Å²) in [7, 11) is 0. The first-order valence-electron chi connectivity index (χ1n) is 6.54. The maximum Gasteiger partial charge on any atom is 0.269 e. The van der Waals surface area contributed by atoms with Gasteiger partial charge in [-0.05, 0) is 24.3 Å². The lowest BCUT2D eigenvalue weighted by atomic mass is 10.1. The molecule has 0 unspecified atom stereocenters. The minimum Gasteiger partial charge on any atom is -0.331 e. The van der Waals surface area contributed by atoms with E-state index in [9.17, 15) is 14.9 Å². The second-order valence-corrected chi connectivity index (χ2v) is 5.02. The van der Waals surface area contributed by atoms with Crippen molar-refractivity contribution in [3.8, 4) is 12.3 Å². The Balaban J connectivity index is 1.97. The Morgan fingerprint density at radius 2 is 2.05 bits per heavy atom. The number of nitro groups is 1. The molecule has 1 aliphatic carbocycles. The maximum atomic E-state index is 12.2. The Kier molecular flexibility index (Phi) is 4.36. The van der Waals surface area contributed by atoms with Gasteiger partial charge in [-0.1, -0.05) is 18.1 Å². The topological polar surface area (TPSA) is 63.5 Å². The third kappa shape index (κ3) is 3.82. The summed E-state index contributed by atoms with van der Waals surface area (Å²) >= 11 is 0. The number of rotatable bonds is 6. The van der Waals surface area contributed by atoms with Crippen LogP contribution < -0.4 is 0 Å². The normalized spacial score (nSPS) is 13.6. The second kappa shape index (κ2) is 6.20. The molecule has 1 aliphatic rings. The van der Waals surface area contributed by atoms with Crippen LogP contribution in [0.5, 0.6) is 0 Å². The first-order valence-corrected chi connectivity index (χ1v) is 6.54. The zero-order chi connectivity index (χ0) is 14.5. The number of carbonyl (C=O) groups is 1. The first-order chi connectivity index (χ1) is 9.60. The van der Waals surface area contributed by atoms with Crippen molar-refractivity contribution >= 4 is 11.6 Å². The summed E-state index contributed by atoms with van der Waals surface area (Å²) in [6.45, 7) is 1.04. The highest BCUT2D eigenvalue weighted by atomic mass is 16.6. The number of nitrogens with zero attached hydrogens (tertiary/aromatic N) is 2. The molecule has 0 aromatic heterocycles. The minimum absolute atomic E-state index is 0.0243. The molecule has 2 rings (SSSR count). The Morgan fingerprint density at radius 3 is 2.55 bits per heavy atom. The number of amides is 1. The Morgan fingerprint density at radius 1 is 1.40 bits per heavy atom. The minimum atomic E-state index is -0.455. The number of nitro benzene ring substituents is 1. The van der Waals surface area contributed by atoms with E-state index in [0.29, 0.717) is 12.5 Å². The first kappa shape index (κ1) is 14.1. The molecule has 0 saturated heterocycles. The third-order valence-electron chi connectivity index (χ3n) is 3.31. The van der Waals surface area contributed by atoms with Crippen LogP contribution in [0, 0.1) is 28.4 Å². The van der Waals surface area contributed by atoms with Gasteiger partial charge in [-0.25, -0.2) is 0 Å². The summed E-state index contributed by atoms with van der Waals surface area (Å²) in [6, 6.07) is 6.05. The van der Waals surface area contributed by atoms with Crippen LogP contribution in [0.15, 0.2) is 24.3 Å². The van der Waals surface area contributed by atoms with Crippen LogP contribution in [0.4, 0.5) is 5.69 Å². The van der Waals surface area contributed by atoms with Crippen molar-refractivity contribution in [3.05, 3.63) is 39.9 Å². The van der Waals surface area contributed by atoms with E-state index < -0.39 is 4.92 Å². The fraction of sp³-hybridized carbons (Fsp3) is 0.400. The molecule has 1 fully saturated rings.